The van der Waals surface area contributed by atoms with Gasteiger partial charge in [-0.2, -0.15) is 0 Å². The van der Waals surface area contributed by atoms with E-state index >= 15 is 0 Å². The summed E-state index contributed by atoms with van der Waals surface area (Å²) in [5, 5.41) is 3.25. The van der Waals surface area contributed by atoms with E-state index in [0.29, 0.717) is 37.4 Å². The Hall–Kier alpha value is -2.92. The van der Waals surface area contributed by atoms with E-state index in [2.05, 4.69) is 5.32 Å². The zero-order valence-electron chi connectivity index (χ0n) is 16.6. The molecule has 0 spiro atoms. The fraction of sp³-hybridized carbons (Fsp3) is 0.304. The summed E-state index contributed by atoms with van der Waals surface area (Å²) >= 11 is 0. The number of aryl methyl sites for hydroxylation is 2. The Bertz CT molecular complexity index is 903. The summed E-state index contributed by atoms with van der Waals surface area (Å²) in [6.45, 7) is 7.38. The number of rotatable bonds is 8. The quantitative estimate of drug-likeness (QED) is 0.559. The van der Waals surface area contributed by atoms with Crippen LogP contribution in [0.1, 0.15) is 30.0 Å². The first kappa shape index (κ1) is 19.8. The van der Waals surface area contributed by atoms with Gasteiger partial charge in [-0.05, 0) is 49.9 Å². The number of nitrogens with zero attached hydrogens (tertiary/aromatic N) is 1. The van der Waals surface area contributed by atoms with E-state index in [1.807, 2.05) is 69.3 Å². The van der Waals surface area contributed by atoms with Crippen LogP contribution in [-0.4, -0.2) is 36.5 Å². The Labute approximate surface area is 166 Å². The molecule has 0 saturated carbocycles. The maximum atomic E-state index is 13.1. The minimum absolute atomic E-state index is 0.263. The summed E-state index contributed by atoms with van der Waals surface area (Å²) in [7, 11) is 0. The van der Waals surface area contributed by atoms with Crippen molar-refractivity contribution < 1.29 is 14.3 Å². The van der Waals surface area contributed by atoms with Gasteiger partial charge in [0.15, 0.2) is 0 Å². The van der Waals surface area contributed by atoms with Crippen LogP contribution in [0.3, 0.4) is 0 Å². The van der Waals surface area contributed by atoms with Crippen molar-refractivity contribution in [1.82, 2.24) is 4.90 Å². The Kier molecular flexibility index (Phi) is 6.26. The summed E-state index contributed by atoms with van der Waals surface area (Å²) in [6, 6.07) is 15.4. The lowest BCUT2D eigenvalue weighted by molar-refractivity contribution is -0.137. The minimum Gasteiger partial charge on any atom is -0.382 e. The highest BCUT2D eigenvalue weighted by molar-refractivity contribution is 6.36. The van der Waals surface area contributed by atoms with Gasteiger partial charge >= 0.3 is 0 Å². The number of hydrogen-bond acceptors (Lipinski definition) is 4. The number of carbonyl (C=O) groups is 2. The molecule has 0 atom stereocenters. The molecule has 5 heteroatoms. The predicted octanol–water partition coefficient (Wildman–Crippen LogP) is 3.92. The van der Waals surface area contributed by atoms with E-state index in [1.54, 1.807) is 0 Å². The van der Waals surface area contributed by atoms with Crippen LogP contribution in [0.4, 0.5) is 5.69 Å². The monoisotopic (exact) mass is 378 g/mol. The molecule has 2 aromatic rings. The van der Waals surface area contributed by atoms with E-state index in [9.17, 15) is 9.59 Å². The fourth-order valence-electron chi connectivity index (χ4n) is 3.24. The van der Waals surface area contributed by atoms with Crippen molar-refractivity contribution in [2.45, 2.75) is 27.2 Å². The van der Waals surface area contributed by atoms with E-state index in [4.69, 9.17) is 4.74 Å². The van der Waals surface area contributed by atoms with Gasteiger partial charge in [-0.1, -0.05) is 42.5 Å². The average Bonchev–Trinajstić information content (AvgIpc) is 2.92. The van der Waals surface area contributed by atoms with Crippen LogP contribution in [0.5, 0.6) is 0 Å². The van der Waals surface area contributed by atoms with Crippen LogP contribution in [0, 0.1) is 13.8 Å². The van der Waals surface area contributed by atoms with Gasteiger partial charge < -0.3 is 10.1 Å². The van der Waals surface area contributed by atoms with Crippen LogP contribution in [0.25, 0.3) is 5.57 Å². The number of carbonyl (C=O) groups excluding carboxylic acids is 2. The lowest BCUT2D eigenvalue weighted by atomic mass is 10.0. The van der Waals surface area contributed by atoms with Crippen molar-refractivity contribution in [3.8, 4) is 0 Å². The molecule has 1 aliphatic rings. The van der Waals surface area contributed by atoms with Gasteiger partial charge in [0.05, 0.1) is 5.57 Å². The van der Waals surface area contributed by atoms with Gasteiger partial charge in [0.2, 0.25) is 0 Å². The van der Waals surface area contributed by atoms with Crippen LogP contribution in [0.15, 0.2) is 54.2 Å². The topological polar surface area (TPSA) is 58.6 Å². The zero-order chi connectivity index (χ0) is 20.1. The summed E-state index contributed by atoms with van der Waals surface area (Å²) in [5.74, 6) is -0.554. The molecule has 1 N–H and O–H groups in total. The molecule has 0 radical (unpaired) electrons. The first-order valence-corrected chi connectivity index (χ1v) is 9.60. The van der Waals surface area contributed by atoms with E-state index < -0.39 is 0 Å². The Balaban J connectivity index is 1.95. The van der Waals surface area contributed by atoms with Crippen molar-refractivity contribution in [3.63, 3.8) is 0 Å². The van der Waals surface area contributed by atoms with Gasteiger partial charge in [-0.25, -0.2) is 0 Å². The van der Waals surface area contributed by atoms with Crippen LogP contribution >= 0.6 is 0 Å². The van der Waals surface area contributed by atoms with Gasteiger partial charge in [-0.15, -0.1) is 0 Å². The van der Waals surface area contributed by atoms with E-state index in [-0.39, 0.29) is 11.8 Å². The molecule has 2 amide bonds. The Morgan fingerprint density at radius 2 is 1.75 bits per heavy atom. The van der Waals surface area contributed by atoms with Crippen LogP contribution in [0.2, 0.25) is 0 Å². The second-order valence-electron chi connectivity index (χ2n) is 6.87. The molecule has 146 valence electrons. The van der Waals surface area contributed by atoms with Gasteiger partial charge in [0.25, 0.3) is 11.8 Å². The third kappa shape index (κ3) is 4.15. The Morgan fingerprint density at radius 1 is 1.00 bits per heavy atom. The fourth-order valence-corrected chi connectivity index (χ4v) is 3.24. The van der Waals surface area contributed by atoms with E-state index in [0.717, 1.165) is 22.4 Å². The summed E-state index contributed by atoms with van der Waals surface area (Å²) in [4.78, 5) is 27.5. The molecule has 0 aliphatic carbocycles. The van der Waals surface area contributed by atoms with Crippen molar-refractivity contribution >= 4 is 23.1 Å². The Morgan fingerprint density at radius 3 is 2.46 bits per heavy atom. The molecular formula is C23H26N2O3. The molecule has 0 saturated heterocycles. The number of imide groups is 1. The minimum atomic E-state index is -0.291. The van der Waals surface area contributed by atoms with Gasteiger partial charge in [-0.3, -0.25) is 14.5 Å². The first-order valence-electron chi connectivity index (χ1n) is 9.60. The smallest absolute Gasteiger partial charge is 0.278 e. The van der Waals surface area contributed by atoms with Gasteiger partial charge in [0.1, 0.15) is 5.70 Å². The molecule has 3 rings (SSSR count). The SMILES string of the molecule is CCOCCCN1C(=O)C(Nc2cc(C)ccc2C)=C(c2ccccc2)C1=O. The molecule has 0 fully saturated rings. The number of anilines is 1. The average molecular weight is 378 g/mol. The second-order valence-corrected chi connectivity index (χ2v) is 6.87. The number of ether oxygens (including phenoxy) is 1. The van der Waals surface area contributed by atoms with E-state index in [1.165, 1.54) is 4.90 Å². The summed E-state index contributed by atoms with van der Waals surface area (Å²) in [6.07, 6.45) is 0.615. The largest absolute Gasteiger partial charge is 0.382 e. The van der Waals surface area contributed by atoms with Crippen molar-refractivity contribution in [1.29, 1.82) is 0 Å². The van der Waals surface area contributed by atoms with Gasteiger partial charge in [0, 0.05) is 25.4 Å². The third-order valence-corrected chi connectivity index (χ3v) is 4.76. The highest BCUT2D eigenvalue weighted by Gasteiger charge is 2.38. The second kappa shape index (κ2) is 8.85. The molecule has 2 aromatic carbocycles. The number of amides is 2. The number of nitrogens with one attached hydrogen (secondary N) is 1. The molecule has 0 aromatic heterocycles. The molecule has 0 bridgehead atoms. The number of hydrogen-bond donors (Lipinski definition) is 1. The molecule has 5 nitrogen and oxygen atoms in total. The van der Waals surface area contributed by atoms with Crippen molar-refractivity contribution in [2.75, 3.05) is 25.1 Å². The standard InChI is InChI=1S/C23H26N2O3/c1-4-28-14-8-13-25-22(26)20(18-9-6-5-7-10-18)21(23(25)27)24-19-15-16(2)11-12-17(19)3/h5-7,9-12,15,24H,4,8,13-14H2,1-3H3. The molecular weight excluding hydrogens is 352 g/mol. The lowest BCUT2D eigenvalue weighted by Crippen LogP contribution is -2.34. The molecule has 0 unspecified atom stereocenters. The highest BCUT2D eigenvalue weighted by atomic mass is 16.5. The number of benzene rings is 2. The van der Waals surface area contributed by atoms with Crippen molar-refractivity contribution in [2.24, 2.45) is 0 Å². The molecule has 28 heavy (non-hydrogen) atoms. The summed E-state index contributed by atoms with van der Waals surface area (Å²) < 4.78 is 5.35. The lowest BCUT2D eigenvalue weighted by Gasteiger charge is -2.15. The predicted molar refractivity (Wildman–Crippen MR) is 111 cm³/mol. The molecule has 1 heterocycles. The highest BCUT2D eigenvalue weighted by Crippen LogP contribution is 2.31. The van der Waals surface area contributed by atoms with Crippen LogP contribution in [-0.2, 0) is 14.3 Å². The first-order chi connectivity index (χ1) is 13.5. The maximum Gasteiger partial charge on any atom is 0.278 e. The zero-order valence-corrected chi connectivity index (χ0v) is 16.6. The molecule has 1 aliphatic heterocycles. The summed E-state index contributed by atoms with van der Waals surface area (Å²) in [5.41, 5.74) is 4.42. The normalized spacial score (nSPS) is 14.2. The maximum absolute atomic E-state index is 13.1. The third-order valence-electron chi connectivity index (χ3n) is 4.76. The van der Waals surface area contributed by atoms with Crippen molar-refractivity contribution in [3.05, 3.63) is 70.9 Å². The van der Waals surface area contributed by atoms with Crippen LogP contribution < -0.4 is 5.32 Å².